The largest absolute Gasteiger partial charge is 0.508 e. The maximum atomic E-state index is 9.34. The molecule has 6 heteroatoms. The van der Waals surface area contributed by atoms with Gasteiger partial charge in [-0.3, -0.25) is 4.99 Å². The molecule has 1 aliphatic rings. The summed E-state index contributed by atoms with van der Waals surface area (Å²) < 4.78 is 5.32. The lowest BCUT2D eigenvalue weighted by molar-refractivity contribution is 0.141. The number of nitrogens with one attached hydrogen (secondary N) is 2. The highest BCUT2D eigenvalue weighted by Gasteiger charge is 2.33. The number of benzene rings is 1. The summed E-state index contributed by atoms with van der Waals surface area (Å²) in [5.74, 6) is 1.24. The molecular formula is C21H36IN3O2. The summed E-state index contributed by atoms with van der Waals surface area (Å²) in [5, 5.41) is 16.2. The fourth-order valence-corrected chi connectivity index (χ4v) is 3.68. The third-order valence-corrected chi connectivity index (χ3v) is 5.29. The van der Waals surface area contributed by atoms with E-state index in [0.717, 1.165) is 51.5 Å². The zero-order chi connectivity index (χ0) is 18.7. The van der Waals surface area contributed by atoms with Crippen LogP contribution in [0.3, 0.4) is 0 Å². The van der Waals surface area contributed by atoms with Crippen LogP contribution in [-0.4, -0.2) is 44.4 Å². The van der Waals surface area contributed by atoms with Crippen molar-refractivity contribution in [1.82, 2.24) is 10.6 Å². The Labute approximate surface area is 181 Å². The van der Waals surface area contributed by atoms with Crippen LogP contribution in [0, 0.1) is 5.41 Å². The molecule has 2 rings (SSSR count). The molecule has 3 N–H and O–H groups in total. The minimum absolute atomic E-state index is 0. The average Bonchev–Trinajstić information content (AvgIpc) is 3.12. The number of nitrogens with zero attached hydrogens (tertiary/aromatic N) is 1. The molecule has 1 saturated carbocycles. The summed E-state index contributed by atoms with van der Waals surface area (Å²) in [5.41, 5.74) is 1.57. The van der Waals surface area contributed by atoms with Gasteiger partial charge in [-0.1, -0.05) is 25.0 Å². The molecule has 27 heavy (non-hydrogen) atoms. The number of aliphatic imine (C=N–C) groups is 1. The molecule has 154 valence electrons. The summed E-state index contributed by atoms with van der Waals surface area (Å²) in [6.45, 7) is 5.56. The van der Waals surface area contributed by atoms with Crippen LogP contribution in [-0.2, 0) is 11.2 Å². The van der Waals surface area contributed by atoms with E-state index < -0.39 is 0 Å². The van der Waals surface area contributed by atoms with E-state index in [1.807, 2.05) is 12.1 Å². The summed E-state index contributed by atoms with van der Waals surface area (Å²) in [7, 11) is 1.78. The smallest absolute Gasteiger partial charge is 0.191 e. The number of aromatic hydroxyl groups is 1. The molecule has 5 nitrogen and oxygen atoms in total. The van der Waals surface area contributed by atoms with Crippen LogP contribution in [0.5, 0.6) is 5.75 Å². The number of hydrogen-bond donors (Lipinski definition) is 3. The fraction of sp³-hybridized carbons (Fsp3) is 0.667. The maximum absolute atomic E-state index is 9.34. The Morgan fingerprint density at radius 1 is 1.19 bits per heavy atom. The van der Waals surface area contributed by atoms with E-state index >= 15 is 0 Å². The monoisotopic (exact) mass is 489 g/mol. The number of halogens is 1. The summed E-state index contributed by atoms with van der Waals surface area (Å²) in [4.78, 5) is 4.88. The van der Waals surface area contributed by atoms with Gasteiger partial charge in [0, 0.05) is 33.4 Å². The quantitative estimate of drug-likeness (QED) is 0.201. The van der Waals surface area contributed by atoms with E-state index in [4.69, 9.17) is 9.73 Å². The van der Waals surface area contributed by atoms with Gasteiger partial charge in [-0.15, -0.1) is 24.0 Å². The van der Waals surface area contributed by atoms with E-state index in [1.165, 1.54) is 31.2 Å². The Balaban J connectivity index is 0.00000364. The molecule has 0 bridgehead atoms. The van der Waals surface area contributed by atoms with Crippen molar-refractivity contribution in [3.63, 3.8) is 0 Å². The zero-order valence-electron chi connectivity index (χ0n) is 16.8. The molecule has 0 amide bonds. The van der Waals surface area contributed by atoms with Crippen molar-refractivity contribution in [3.8, 4) is 5.75 Å². The van der Waals surface area contributed by atoms with Crippen molar-refractivity contribution in [2.75, 3.05) is 33.4 Å². The molecule has 0 spiro atoms. The molecule has 0 heterocycles. The fourth-order valence-electron chi connectivity index (χ4n) is 3.68. The standard InChI is InChI=1S/C21H35N3O2.HI/c1-3-22-20(23-15-6-7-18-8-10-19(25)11-9-18)24-17-21(14-16-26-2)12-4-5-13-21;/h8-11,25H,3-7,12-17H2,1-2H3,(H2,22,23,24);1H. The van der Waals surface area contributed by atoms with Gasteiger partial charge in [0.15, 0.2) is 5.96 Å². The Hall–Kier alpha value is -1.02. The number of rotatable bonds is 10. The van der Waals surface area contributed by atoms with Gasteiger partial charge in [0.05, 0.1) is 0 Å². The van der Waals surface area contributed by atoms with Gasteiger partial charge in [-0.2, -0.15) is 0 Å². The Morgan fingerprint density at radius 2 is 1.89 bits per heavy atom. The van der Waals surface area contributed by atoms with E-state index in [0.29, 0.717) is 11.2 Å². The number of methoxy groups -OCH3 is 1. The van der Waals surface area contributed by atoms with E-state index in [-0.39, 0.29) is 24.0 Å². The van der Waals surface area contributed by atoms with Crippen LogP contribution >= 0.6 is 24.0 Å². The van der Waals surface area contributed by atoms with Crippen molar-refractivity contribution in [1.29, 1.82) is 0 Å². The molecule has 0 saturated heterocycles. The normalized spacial score (nSPS) is 16.0. The first-order valence-corrected chi connectivity index (χ1v) is 9.96. The second-order valence-corrected chi connectivity index (χ2v) is 7.34. The maximum Gasteiger partial charge on any atom is 0.191 e. The van der Waals surface area contributed by atoms with Crippen molar-refractivity contribution >= 4 is 29.9 Å². The molecule has 1 aliphatic carbocycles. The lowest BCUT2D eigenvalue weighted by Crippen LogP contribution is -2.39. The van der Waals surface area contributed by atoms with Gasteiger partial charge in [-0.05, 0) is 62.1 Å². The second kappa shape index (κ2) is 13.2. The van der Waals surface area contributed by atoms with E-state index in [2.05, 4.69) is 17.6 Å². The molecule has 1 aromatic carbocycles. The third-order valence-electron chi connectivity index (χ3n) is 5.29. The van der Waals surface area contributed by atoms with Crippen LogP contribution in [0.4, 0.5) is 0 Å². The van der Waals surface area contributed by atoms with Crippen molar-refractivity contribution < 1.29 is 9.84 Å². The Morgan fingerprint density at radius 3 is 2.52 bits per heavy atom. The molecule has 0 atom stereocenters. The van der Waals surface area contributed by atoms with Crippen LogP contribution in [0.15, 0.2) is 29.3 Å². The number of guanidine groups is 1. The number of aryl methyl sites for hydroxylation is 1. The molecule has 0 radical (unpaired) electrons. The summed E-state index contributed by atoms with van der Waals surface area (Å²) >= 11 is 0. The average molecular weight is 489 g/mol. The highest BCUT2D eigenvalue weighted by Crippen LogP contribution is 2.41. The predicted molar refractivity (Wildman–Crippen MR) is 123 cm³/mol. The SMILES string of the molecule is CCNC(=NCC1(CCOC)CCCC1)NCCCc1ccc(O)cc1.I. The summed E-state index contributed by atoms with van der Waals surface area (Å²) in [6.07, 6.45) is 8.29. The van der Waals surface area contributed by atoms with Crippen LogP contribution in [0.1, 0.15) is 51.0 Å². The van der Waals surface area contributed by atoms with Crippen LogP contribution in [0.25, 0.3) is 0 Å². The highest BCUT2D eigenvalue weighted by molar-refractivity contribution is 14.0. The van der Waals surface area contributed by atoms with Crippen molar-refractivity contribution in [3.05, 3.63) is 29.8 Å². The van der Waals surface area contributed by atoms with Gasteiger partial charge in [-0.25, -0.2) is 0 Å². The van der Waals surface area contributed by atoms with Gasteiger partial charge < -0.3 is 20.5 Å². The first-order chi connectivity index (χ1) is 12.7. The van der Waals surface area contributed by atoms with Gasteiger partial charge in [0.2, 0.25) is 0 Å². The first-order valence-electron chi connectivity index (χ1n) is 9.96. The molecule has 1 aromatic rings. The third kappa shape index (κ3) is 8.68. The van der Waals surface area contributed by atoms with Gasteiger partial charge in [0.25, 0.3) is 0 Å². The lowest BCUT2D eigenvalue weighted by atomic mass is 9.83. The van der Waals surface area contributed by atoms with Crippen LogP contribution < -0.4 is 10.6 Å². The predicted octanol–water partition coefficient (Wildman–Crippen LogP) is 4.09. The number of phenolic OH excluding ortho intramolecular Hbond substituents is 1. The lowest BCUT2D eigenvalue weighted by Gasteiger charge is -2.27. The minimum Gasteiger partial charge on any atom is -0.508 e. The second-order valence-electron chi connectivity index (χ2n) is 7.34. The molecule has 1 fully saturated rings. The topological polar surface area (TPSA) is 65.9 Å². The van der Waals surface area contributed by atoms with Gasteiger partial charge >= 0.3 is 0 Å². The molecule has 0 unspecified atom stereocenters. The number of ether oxygens (including phenoxy) is 1. The van der Waals surface area contributed by atoms with Crippen molar-refractivity contribution in [2.24, 2.45) is 10.4 Å². The van der Waals surface area contributed by atoms with Gasteiger partial charge in [0.1, 0.15) is 5.75 Å². The molecule has 0 aliphatic heterocycles. The Kier molecular flexibility index (Phi) is 11.7. The molecule has 0 aromatic heterocycles. The van der Waals surface area contributed by atoms with E-state index in [9.17, 15) is 5.11 Å². The van der Waals surface area contributed by atoms with Crippen molar-refractivity contribution in [2.45, 2.75) is 51.9 Å². The highest BCUT2D eigenvalue weighted by atomic mass is 127. The first kappa shape index (κ1) is 24.0. The summed E-state index contributed by atoms with van der Waals surface area (Å²) in [6, 6.07) is 7.45. The number of hydrogen-bond acceptors (Lipinski definition) is 3. The van der Waals surface area contributed by atoms with Crippen LogP contribution in [0.2, 0.25) is 0 Å². The Bertz CT molecular complexity index is 543. The minimum atomic E-state index is 0. The van der Waals surface area contributed by atoms with E-state index in [1.54, 1.807) is 19.2 Å². The zero-order valence-corrected chi connectivity index (χ0v) is 19.1. The number of phenols is 1. The molecular weight excluding hydrogens is 453 g/mol.